The molecule has 8 heteroatoms. The highest BCUT2D eigenvalue weighted by Gasteiger charge is 2.50. The van der Waals surface area contributed by atoms with Crippen LogP contribution in [0.4, 0.5) is 11.4 Å². The number of carbonyl (C=O) groups is 1. The molecule has 1 aliphatic heterocycles. The summed E-state index contributed by atoms with van der Waals surface area (Å²) in [4.78, 5) is 24.3. The standard InChI is InChI=1S/C27H25ClN2O4S/c1-2-34-27(31)17-12-13-20-18(14-17)24-19(26(29-20)16-8-4-3-5-9-16)15-23(25(24)28)35-22-11-7-6-10-21(22)30(32)33/h3-14,19,23-26,29H,2,15H2,1H3. The fourth-order valence-electron chi connectivity index (χ4n) is 5.32. The number of alkyl halides is 1. The van der Waals surface area contributed by atoms with E-state index in [1.54, 1.807) is 25.1 Å². The van der Waals surface area contributed by atoms with Gasteiger partial charge in [-0.15, -0.1) is 23.4 Å². The summed E-state index contributed by atoms with van der Waals surface area (Å²) in [5, 5.41) is 15.0. The van der Waals surface area contributed by atoms with Crippen molar-refractivity contribution in [2.75, 3.05) is 11.9 Å². The number of nitrogens with one attached hydrogen (secondary N) is 1. The Labute approximate surface area is 213 Å². The van der Waals surface area contributed by atoms with Gasteiger partial charge in [0.15, 0.2) is 0 Å². The van der Waals surface area contributed by atoms with Gasteiger partial charge in [-0.2, -0.15) is 0 Å². The number of anilines is 1. The van der Waals surface area contributed by atoms with Crippen LogP contribution in [0.15, 0.2) is 77.7 Å². The summed E-state index contributed by atoms with van der Waals surface area (Å²) in [7, 11) is 0. The smallest absolute Gasteiger partial charge is 0.338 e. The molecule has 6 nitrogen and oxygen atoms in total. The first-order valence-electron chi connectivity index (χ1n) is 11.6. The predicted octanol–water partition coefficient (Wildman–Crippen LogP) is 6.81. The zero-order valence-electron chi connectivity index (χ0n) is 19.1. The van der Waals surface area contributed by atoms with Crippen molar-refractivity contribution >= 4 is 40.7 Å². The molecule has 0 spiro atoms. The molecule has 0 radical (unpaired) electrons. The number of hydrogen-bond donors (Lipinski definition) is 1. The Morgan fingerprint density at radius 1 is 1.14 bits per heavy atom. The van der Waals surface area contributed by atoms with Gasteiger partial charge in [-0.1, -0.05) is 42.5 Å². The molecular formula is C27H25ClN2O4S. The Kier molecular flexibility index (Phi) is 6.71. The quantitative estimate of drug-likeness (QED) is 0.170. The van der Waals surface area contributed by atoms with E-state index >= 15 is 0 Å². The first kappa shape index (κ1) is 23.7. The molecule has 1 aliphatic carbocycles. The molecule has 0 amide bonds. The van der Waals surface area contributed by atoms with E-state index in [2.05, 4.69) is 17.4 Å². The number of hydrogen-bond acceptors (Lipinski definition) is 6. The number of nitrogens with zero attached hydrogens (tertiary/aromatic N) is 1. The predicted molar refractivity (Wildman–Crippen MR) is 138 cm³/mol. The Balaban J connectivity index is 1.54. The van der Waals surface area contributed by atoms with Crippen molar-refractivity contribution < 1.29 is 14.5 Å². The number of ether oxygens (including phenoxy) is 1. The van der Waals surface area contributed by atoms with Crippen molar-refractivity contribution in [3.63, 3.8) is 0 Å². The average Bonchev–Trinajstić information content (AvgIpc) is 3.20. The summed E-state index contributed by atoms with van der Waals surface area (Å²) in [5.41, 5.74) is 3.72. The maximum Gasteiger partial charge on any atom is 0.338 e. The number of nitro benzene ring substituents is 1. The lowest BCUT2D eigenvalue weighted by atomic mass is 9.77. The maximum atomic E-state index is 12.5. The molecule has 3 aromatic rings. The molecule has 0 bridgehead atoms. The number of esters is 1. The van der Waals surface area contributed by atoms with Gasteiger partial charge < -0.3 is 10.1 Å². The molecule has 1 fully saturated rings. The molecule has 5 rings (SSSR count). The second-order valence-corrected chi connectivity index (χ2v) is 10.6. The molecule has 180 valence electrons. The van der Waals surface area contributed by atoms with E-state index in [-0.39, 0.29) is 45.1 Å². The van der Waals surface area contributed by atoms with Gasteiger partial charge in [0.25, 0.3) is 5.69 Å². The lowest BCUT2D eigenvalue weighted by molar-refractivity contribution is -0.387. The molecule has 1 N–H and O–H groups in total. The zero-order chi connectivity index (χ0) is 24.5. The minimum Gasteiger partial charge on any atom is -0.462 e. The number of halogens is 1. The van der Waals surface area contributed by atoms with Crippen LogP contribution in [0, 0.1) is 16.0 Å². The van der Waals surface area contributed by atoms with Crippen LogP contribution in [0.3, 0.4) is 0 Å². The number of rotatable bonds is 6. The number of fused-ring (bicyclic) bond motifs is 3. The highest BCUT2D eigenvalue weighted by atomic mass is 35.5. The summed E-state index contributed by atoms with van der Waals surface area (Å²) in [5.74, 6) is -0.218. The van der Waals surface area contributed by atoms with Gasteiger partial charge in [-0.3, -0.25) is 10.1 Å². The van der Waals surface area contributed by atoms with E-state index in [0.29, 0.717) is 17.1 Å². The highest BCUT2D eigenvalue weighted by molar-refractivity contribution is 8.00. The molecule has 0 saturated heterocycles. The monoisotopic (exact) mass is 508 g/mol. The molecule has 1 saturated carbocycles. The minimum atomic E-state index is -0.355. The van der Waals surface area contributed by atoms with Gasteiger partial charge in [-0.25, -0.2) is 4.79 Å². The van der Waals surface area contributed by atoms with Crippen LogP contribution in [-0.4, -0.2) is 28.1 Å². The van der Waals surface area contributed by atoms with Crippen LogP contribution >= 0.6 is 23.4 Å². The summed E-state index contributed by atoms with van der Waals surface area (Å²) in [6.07, 6.45) is 0.783. The summed E-state index contributed by atoms with van der Waals surface area (Å²) in [6.45, 7) is 2.09. The molecule has 1 heterocycles. The second-order valence-electron chi connectivity index (χ2n) is 8.81. The minimum absolute atomic E-state index is 0.0206. The van der Waals surface area contributed by atoms with Crippen LogP contribution in [-0.2, 0) is 4.74 Å². The van der Waals surface area contributed by atoms with Crippen molar-refractivity contribution in [1.29, 1.82) is 0 Å². The van der Waals surface area contributed by atoms with Gasteiger partial charge >= 0.3 is 5.97 Å². The Hall–Kier alpha value is -3.03. The summed E-state index contributed by atoms with van der Waals surface area (Å²) < 4.78 is 5.22. The normalized spacial score (nSPS) is 24.7. The first-order valence-corrected chi connectivity index (χ1v) is 13.0. The van der Waals surface area contributed by atoms with E-state index in [9.17, 15) is 14.9 Å². The topological polar surface area (TPSA) is 81.5 Å². The number of benzene rings is 3. The van der Waals surface area contributed by atoms with E-state index in [4.69, 9.17) is 16.3 Å². The summed E-state index contributed by atoms with van der Waals surface area (Å²) >= 11 is 8.65. The fraction of sp³-hybridized carbons (Fsp3) is 0.296. The van der Waals surface area contributed by atoms with Gasteiger partial charge in [-0.05, 0) is 54.7 Å². The first-order chi connectivity index (χ1) is 17.0. The van der Waals surface area contributed by atoms with E-state index in [1.807, 2.05) is 36.4 Å². The van der Waals surface area contributed by atoms with E-state index in [1.165, 1.54) is 23.4 Å². The van der Waals surface area contributed by atoms with Gasteiger partial charge in [0.2, 0.25) is 0 Å². The van der Waals surface area contributed by atoms with Crippen molar-refractivity contribution in [3.05, 3.63) is 99.6 Å². The average molecular weight is 509 g/mol. The Morgan fingerprint density at radius 2 is 1.89 bits per heavy atom. The van der Waals surface area contributed by atoms with Crippen LogP contribution in [0.1, 0.15) is 46.8 Å². The molecule has 5 atom stereocenters. The van der Waals surface area contributed by atoms with Crippen LogP contribution in [0.2, 0.25) is 0 Å². The fourth-order valence-corrected chi connectivity index (χ4v) is 7.26. The van der Waals surface area contributed by atoms with Crippen molar-refractivity contribution in [1.82, 2.24) is 0 Å². The SMILES string of the molecule is CCOC(=O)c1ccc2c(c1)C1C(Cl)C(Sc3ccccc3[N+](=O)[O-])CC1C(c1ccccc1)N2. The third-order valence-electron chi connectivity index (χ3n) is 6.82. The highest BCUT2D eigenvalue weighted by Crippen LogP contribution is 2.58. The largest absolute Gasteiger partial charge is 0.462 e. The number of carbonyl (C=O) groups excluding carboxylic acids is 1. The van der Waals surface area contributed by atoms with Crippen LogP contribution in [0.5, 0.6) is 0 Å². The molecular weight excluding hydrogens is 484 g/mol. The van der Waals surface area contributed by atoms with Crippen molar-refractivity contribution in [3.8, 4) is 0 Å². The third kappa shape index (κ3) is 4.50. The lowest BCUT2D eigenvalue weighted by Crippen LogP contribution is -2.31. The number of nitro groups is 1. The Bertz CT molecular complexity index is 1250. The molecule has 5 unspecified atom stereocenters. The number of para-hydroxylation sites is 1. The number of thioether (sulfide) groups is 1. The third-order valence-corrected chi connectivity index (χ3v) is 8.94. The lowest BCUT2D eigenvalue weighted by Gasteiger charge is -2.38. The Morgan fingerprint density at radius 3 is 2.63 bits per heavy atom. The van der Waals surface area contributed by atoms with Gasteiger partial charge in [0.05, 0.1) is 33.4 Å². The molecule has 3 aromatic carbocycles. The van der Waals surface area contributed by atoms with Crippen LogP contribution < -0.4 is 5.32 Å². The van der Waals surface area contributed by atoms with E-state index in [0.717, 1.165) is 17.7 Å². The van der Waals surface area contributed by atoms with Gasteiger partial charge in [0.1, 0.15) is 0 Å². The summed E-state index contributed by atoms with van der Waals surface area (Å²) in [6, 6.07) is 22.7. The molecule has 0 aromatic heterocycles. The van der Waals surface area contributed by atoms with E-state index < -0.39 is 0 Å². The van der Waals surface area contributed by atoms with Crippen molar-refractivity contribution in [2.45, 2.75) is 40.8 Å². The van der Waals surface area contributed by atoms with Crippen LogP contribution in [0.25, 0.3) is 0 Å². The van der Waals surface area contributed by atoms with Crippen molar-refractivity contribution in [2.24, 2.45) is 5.92 Å². The molecule has 2 aliphatic rings. The molecule has 35 heavy (non-hydrogen) atoms. The second kappa shape index (κ2) is 9.91. The zero-order valence-corrected chi connectivity index (χ0v) is 20.7. The van der Waals surface area contributed by atoms with Gasteiger partial charge in [0, 0.05) is 22.9 Å². The maximum absolute atomic E-state index is 12.5.